The molecule has 0 saturated heterocycles. The Hall–Kier alpha value is -10.2. The summed E-state index contributed by atoms with van der Waals surface area (Å²) in [6.07, 6.45) is 0. The SMILES string of the molecule is c1ccc(-c2nc(-c3ccc(-c4cc(-c5cccc(-c6ccc7oc8ccccc8c7c6)c5)ccc4-n4c5ccccc5c5ccccc54)cc3)nc(-c3cccc(-n4c5ccccc5c5ccccc54)c3)n2)cc1. The number of hydrogen-bond acceptors (Lipinski definition) is 4. The third-order valence-electron chi connectivity index (χ3n) is 14.8. The zero-order valence-electron chi connectivity index (χ0n) is 40.5. The molecule has 0 radical (unpaired) electrons. The van der Waals surface area contributed by atoms with Crippen LogP contribution in [-0.4, -0.2) is 24.1 Å². The van der Waals surface area contributed by atoms with Gasteiger partial charge in [-0.15, -0.1) is 0 Å². The molecule has 6 nitrogen and oxygen atoms in total. The van der Waals surface area contributed by atoms with Crippen molar-refractivity contribution in [3.05, 3.63) is 261 Å². The first-order valence-corrected chi connectivity index (χ1v) is 25.3. The van der Waals surface area contributed by atoms with Crippen molar-refractivity contribution in [3.8, 4) is 78.9 Å². The highest BCUT2D eigenvalue weighted by Crippen LogP contribution is 2.41. The lowest BCUT2D eigenvalue weighted by Gasteiger charge is -2.17. The summed E-state index contributed by atoms with van der Waals surface area (Å²) in [5.74, 6) is 1.82. The van der Waals surface area contributed by atoms with E-state index in [4.69, 9.17) is 19.4 Å². The van der Waals surface area contributed by atoms with Crippen LogP contribution in [0.5, 0.6) is 0 Å². The van der Waals surface area contributed by atoms with Crippen molar-refractivity contribution in [1.29, 1.82) is 0 Å². The van der Waals surface area contributed by atoms with Crippen molar-refractivity contribution in [2.24, 2.45) is 0 Å². The van der Waals surface area contributed by atoms with Gasteiger partial charge in [0.15, 0.2) is 17.5 Å². The van der Waals surface area contributed by atoms with Crippen LogP contribution in [0.4, 0.5) is 0 Å². The first-order chi connectivity index (χ1) is 37.2. The summed E-state index contributed by atoms with van der Waals surface area (Å²) in [5, 5.41) is 7.10. The van der Waals surface area contributed by atoms with E-state index >= 15 is 0 Å². The molecule has 15 aromatic rings. The normalized spacial score (nSPS) is 11.7. The van der Waals surface area contributed by atoms with Crippen molar-refractivity contribution in [2.75, 3.05) is 0 Å². The Morgan fingerprint density at radius 2 is 0.680 bits per heavy atom. The van der Waals surface area contributed by atoms with Crippen LogP contribution < -0.4 is 0 Å². The molecule has 11 aromatic carbocycles. The lowest BCUT2D eigenvalue weighted by atomic mass is 9.94. The molecule has 15 rings (SSSR count). The second kappa shape index (κ2) is 17.3. The molecule has 0 amide bonds. The van der Waals surface area contributed by atoms with Gasteiger partial charge < -0.3 is 13.6 Å². The highest BCUT2D eigenvalue weighted by molar-refractivity contribution is 6.11. The van der Waals surface area contributed by atoms with Gasteiger partial charge in [0.25, 0.3) is 0 Å². The third kappa shape index (κ3) is 7.14. The Morgan fingerprint density at radius 1 is 0.253 bits per heavy atom. The van der Waals surface area contributed by atoms with Gasteiger partial charge in [-0.3, -0.25) is 0 Å². The fourth-order valence-corrected chi connectivity index (χ4v) is 11.2. The molecular weight excluding hydrogens is 915 g/mol. The average molecular weight is 958 g/mol. The van der Waals surface area contributed by atoms with E-state index in [9.17, 15) is 0 Å². The second-order valence-corrected chi connectivity index (χ2v) is 19.2. The molecule has 0 unspecified atom stereocenters. The molecule has 0 bridgehead atoms. The van der Waals surface area contributed by atoms with Crippen molar-refractivity contribution in [3.63, 3.8) is 0 Å². The molecule has 75 heavy (non-hydrogen) atoms. The lowest BCUT2D eigenvalue weighted by Crippen LogP contribution is -2.01. The fraction of sp³-hybridized carbons (Fsp3) is 0. The number of fused-ring (bicyclic) bond motifs is 9. The molecule has 4 heterocycles. The molecule has 4 aromatic heterocycles. The van der Waals surface area contributed by atoms with E-state index in [1.807, 2.05) is 30.3 Å². The maximum atomic E-state index is 6.19. The Labute approximate surface area is 431 Å². The van der Waals surface area contributed by atoms with Crippen molar-refractivity contribution < 1.29 is 4.42 Å². The van der Waals surface area contributed by atoms with Crippen LogP contribution in [0.3, 0.4) is 0 Å². The van der Waals surface area contributed by atoms with Crippen molar-refractivity contribution in [1.82, 2.24) is 24.1 Å². The summed E-state index contributed by atoms with van der Waals surface area (Å²) in [6.45, 7) is 0. The Kier molecular flexibility index (Phi) is 9.78. The van der Waals surface area contributed by atoms with E-state index in [2.05, 4.69) is 240 Å². The van der Waals surface area contributed by atoms with Crippen molar-refractivity contribution in [2.45, 2.75) is 0 Å². The molecule has 0 fully saturated rings. The molecule has 0 aliphatic heterocycles. The molecule has 0 atom stereocenters. The minimum absolute atomic E-state index is 0.600. The first-order valence-electron chi connectivity index (χ1n) is 25.3. The topological polar surface area (TPSA) is 61.7 Å². The van der Waals surface area contributed by atoms with E-state index < -0.39 is 0 Å². The van der Waals surface area contributed by atoms with Gasteiger partial charge in [-0.1, -0.05) is 188 Å². The van der Waals surface area contributed by atoms with Crippen molar-refractivity contribution >= 4 is 65.6 Å². The standard InChI is InChI=1S/C69H43N5O/c1-2-16-45(17-3-1)67-70-68(72-69(71-67)51-20-15-21-52(41-51)73-60-27-9-4-22-53(60)54-23-5-10-28-61(54)73)46-34-32-44(33-35-46)58-42-49(36-38-64(58)74-62-29-11-6-24-55(62)56-25-7-12-30-63(56)74)47-18-14-19-48(40-47)50-37-39-66-59(43-50)57-26-8-13-31-65(57)75-66/h1-43H. The van der Waals surface area contributed by atoms with Gasteiger partial charge in [0.05, 0.1) is 27.8 Å². The molecule has 0 aliphatic rings. The van der Waals surface area contributed by atoms with Gasteiger partial charge in [-0.2, -0.15) is 0 Å². The monoisotopic (exact) mass is 957 g/mol. The largest absolute Gasteiger partial charge is 0.456 e. The van der Waals surface area contributed by atoms with Gasteiger partial charge >= 0.3 is 0 Å². The molecule has 0 spiro atoms. The highest BCUT2D eigenvalue weighted by Gasteiger charge is 2.20. The van der Waals surface area contributed by atoms with E-state index in [1.165, 1.54) is 21.5 Å². The highest BCUT2D eigenvalue weighted by atomic mass is 16.3. The Balaban J connectivity index is 0.861. The predicted octanol–water partition coefficient (Wildman–Crippen LogP) is 18.0. The van der Waals surface area contributed by atoms with Gasteiger partial charge in [-0.05, 0) is 101 Å². The number of benzene rings is 11. The summed E-state index contributed by atoms with van der Waals surface area (Å²) in [6, 6.07) is 92.5. The smallest absolute Gasteiger partial charge is 0.164 e. The summed E-state index contributed by atoms with van der Waals surface area (Å²) in [4.78, 5) is 15.6. The average Bonchev–Trinajstić information content (AvgIpc) is 4.19. The minimum atomic E-state index is 0.600. The number of hydrogen-bond donors (Lipinski definition) is 0. The van der Waals surface area contributed by atoms with Crippen LogP contribution in [0.25, 0.3) is 144 Å². The van der Waals surface area contributed by atoms with E-state index in [0.717, 1.165) is 105 Å². The van der Waals surface area contributed by atoms with Crippen LogP contribution in [0.15, 0.2) is 265 Å². The lowest BCUT2D eigenvalue weighted by molar-refractivity contribution is 0.669. The zero-order chi connectivity index (χ0) is 49.4. The summed E-state index contributed by atoms with van der Waals surface area (Å²) >= 11 is 0. The maximum Gasteiger partial charge on any atom is 0.164 e. The first kappa shape index (κ1) is 42.5. The van der Waals surface area contributed by atoms with Crippen LogP contribution in [0, 0.1) is 0 Å². The number of para-hydroxylation sites is 5. The quantitative estimate of drug-likeness (QED) is 0.152. The van der Waals surface area contributed by atoms with E-state index in [1.54, 1.807) is 0 Å². The molecular formula is C69H43N5O. The molecule has 0 saturated carbocycles. The fourth-order valence-electron chi connectivity index (χ4n) is 11.2. The van der Waals surface area contributed by atoms with Gasteiger partial charge in [0, 0.05) is 60.3 Å². The van der Waals surface area contributed by atoms with Crippen LogP contribution in [-0.2, 0) is 0 Å². The summed E-state index contributed by atoms with van der Waals surface area (Å²) in [5.41, 5.74) is 17.9. The van der Waals surface area contributed by atoms with Gasteiger partial charge in [-0.25, -0.2) is 15.0 Å². The summed E-state index contributed by atoms with van der Waals surface area (Å²) < 4.78 is 10.9. The predicted molar refractivity (Wildman–Crippen MR) is 308 cm³/mol. The second-order valence-electron chi connectivity index (χ2n) is 19.2. The summed E-state index contributed by atoms with van der Waals surface area (Å²) in [7, 11) is 0. The van der Waals surface area contributed by atoms with Gasteiger partial charge in [0.1, 0.15) is 11.2 Å². The molecule has 6 heteroatoms. The number of rotatable bonds is 8. The van der Waals surface area contributed by atoms with Crippen LogP contribution >= 0.6 is 0 Å². The van der Waals surface area contributed by atoms with E-state index in [-0.39, 0.29) is 0 Å². The maximum absolute atomic E-state index is 6.19. The number of furan rings is 1. The third-order valence-corrected chi connectivity index (χ3v) is 14.8. The molecule has 350 valence electrons. The van der Waals surface area contributed by atoms with E-state index in [0.29, 0.717) is 17.5 Å². The molecule has 0 N–H and O–H groups in total. The number of aromatic nitrogens is 5. The Bertz CT molecular complexity index is 4610. The van der Waals surface area contributed by atoms with Crippen LogP contribution in [0.2, 0.25) is 0 Å². The number of nitrogens with zero attached hydrogens (tertiary/aromatic N) is 5. The minimum Gasteiger partial charge on any atom is -0.456 e. The molecule has 0 aliphatic carbocycles. The van der Waals surface area contributed by atoms with Gasteiger partial charge in [0.2, 0.25) is 0 Å². The Morgan fingerprint density at radius 3 is 1.32 bits per heavy atom. The zero-order valence-corrected chi connectivity index (χ0v) is 40.5. The van der Waals surface area contributed by atoms with Crippen LogP contribution in [0.1, 0.15) is 0 Å².